The molecular weight excluding hydrogens is 348 g/mol. The minimum atomic E-state index is 0.478. The zero-order chi connectivity index (χ0) is 18.0. The molecule has 2 aromatic heterocycles. The average Bonchev–Trinajstić information content (AvgIpc) is 3.36. The van der Waals surface area contributed by atoms with Gasteiger partial charge in [-0.25, -0.2) is 4.98 Å². The van der Waals surface area contributed by atoms with Crippen molar-refractivity contribution in [2.75, 3.05) is 20.2 Å². The van der Waals surface area contributed by atoms with Gasteiger partial charge in [-0.1, -0.05) is 25.3 Å². The molecule has 2 N–H and O–H groups in total. The minimum absolute atomic E-state index is 0.478. The molecule has 1 fully saturated rings. The van der Waals surface area contributed by atoms with E-state index in [-0.39, 0.29) is 0 Å². The Hall–Kier alpha value is -1.86. The number of aliphatic imine (C=N–C) groups is 1. The largest absolute Gasteiger partial charge is 0.443 e. The van der Waals surface area contributed by atoms with E-state index in [0.29, 0.717) is 18.5 Å². The van der Waals surface area contributed by atoms with E-state index in [9.17, 15) is 0 Å². The number of hydrogen-bond acceptors (Lipinski definition) is 5. The Kier molecular flexibility index (Phi) is 7.51. The first-order valence-electron chi connectivity index (χ1n) is 9.39. The lowest BCUT2D eigenvalue weighted by atomic mass is 9.98. The second-order valence-corrected chi connectivity index (χ2v) is 7.41. The lowest BCUT2D eigenvalue weighted by Gasteiger charge is -2.22. The molecular formula is C19H28N4O2S. The quantitative estimate of drug-likeness (QED) is 0.416. The first-order chi connectivity index (χ1) is 12.8. The molecule has 7 heteroatoms. The van der Waals surface area contributed by atoms with Gasteiger partial charge in [0.1, 0.15) is 6.26 Å². The molecule has 1 saturated carbocycles. The number of ether oxygens (including phenoxy) is 1. The normalized spacial score (nSPS) is 16.0. The number of hydrogen-bond donors (Lipinski definition) is 2. The maximum Gasteiger partial charge on any atom is 0.236 e. The zero-order valence-electron chi connectivity index (χ0n) is 15.4. The summed E-state index contributed by atoms with van der Waals surface area (Å²) < 4.78 is 11.5. The first-order valence-corrected chi connectivity index (χ1v) is 10.3. The molecule has 0 aliphatic heterocycles. The molecule has 3 rings (SSSR count). The number of nitrogens with zero attached hydrogens (tertiary/aromatic N) is 2. The molecule has 6 nitrogen and oxygen atoms in total. The molecule has 1 aliphatic rings. The van der Waals surface area contributed by atoms with Crippen LogP contribution in [0.3, 0.4) is 0 Å². The van der Waals surface area contributed by atoms with Gasteiger partial charge in [-0.2, -0.15) is 0 Å². The summed E-state index contributed by atoms with van der Waals surface area (Å²) in [6.07, 6.45) is 9.58. The van der Waals surface area contributed by atoms with Crippen molar-refractivity contribution in [3.05, 3.63) is 29.5 Å². The lowest BCUT2D eigenvalue weighted by Crippen LogP contribution is -2.37. The fourth-order valence-corrected chi connectivity index (χ4v) is 3.71. The second-order valence-electron chi connectivity index (χ2n) is 6.46. The van der Waals surface area contributed by atoms with Gasteiger partial charge < -0.3 is 19.8 Å². The van der Waals surface area contributed by atoms with Crippen LogP contribution in [0.5, 0.6) is 0 Å². The fourth-order valence-electron chi connectivity index (χ4n) is 3.06. The van der Waals surface area contributed by atoms with Crippen molar-refractivity contribution in [3.63, 3.8) is 0 Å². The third-order valence-corrected chi connectivity index (χ3v) is 5.32. The highest BCUT2D eigenvalue weighted by atomic mass is 32.1. The molecule has 2 aromatic rings. The van der Waals surface area contributed by atoms with Crippen LogP contribution in [0.4, 0.5) is 0 Å². The van der Waals surface area contributed by atoms with E-state index in [1.807, 2.05) is 17.5 Å². The van der Waals surface area contributed by atoms with E-state index in [1.165, 1.54) is 32.1 Å². The van der Waals surface area contributed by atoms with Gasteiger partial charge in [0, 0.05) is 20.2 Å². The Morgan fingerprint density at radius 1 is 1.35 bits per heavy atom. The summed E-state index contributed by atoms with van der Waals surface area (Å²) in [6, 6.07) is 4.00. The number of guanidine groups is 1. The van der Waals surface area contributed by atoms with Gasteiger partial charge in [0.2, 0.25) is 5.89 Å². The molecule has 0 unspecified atom stereocenters. The van der Waals surface area contributed by atoms with E-state index in [0.717, 1.165) is 36.1 Å². The van der Waals surface area contributed by atoms with Crippen molar-refractivity contribution < 1.29 is 9.15 Å². The van der Waals surface area contributed by atoms with Gasteiger partial charge in [-0.05, 0) is 30.7 Å². The van der Waals surface area contributed by atoms with Crippen LogP contribution >= 0.6 is 11.3 Å². The van der Waals surface area contributed by atoms with E-state index >= 15 is 0 Å². The van der Waals surface area contributed by atoms with Crippen LogP contribution in [0.2, 0.25) is 0 Å². The monoisotopic (exact) mass is 376 g/mol. The van der Waals surface area contributed by atoms with Crippen molar-refractivity contribution in [1.82, 2.24) is 15.6 Å². The summed E-state index contributed by atoms with van der Waals surface area (Å²) in [7, 11) is 1.77. The fraction of sp³-hybridized carbons (Fsp3) is 0.579. The average molecular weight is 377 g/mol. The second kappa shape index (κ2) is 10.3. The Morgan fingerprint density at radius 2 is 2.23 bits per heavy atom. The molecule has 0 atom stereocenters. The first kappa shape index (κ1) is 18.9. The van der Waals surface area contributed by atoms with E-state index in [1.54, 1.807) is 24.6 Å². The molecule has 0 aromatic carbocycles. The van der Waals surface area contributed by atoms with Crippen molar-refractivity contribution in [3.8, 4) is 10.8 Å². The molecule has 0 radical (unpaired) electrons. The predicted octanol–water partition coefficient (Wildman–Crippen LogP) is 3.81. The van der Waals surface area contributed by atoms with Crippen LogP contribution in [0.15, 0.2) is 33.2 Å². The molecule has 0 amide bonds. The number of aromatic nitrogens is 1. The predicted molar refractivity (Wildman–Crippen MR) is 105 cm³/mol. The van der Waals surface area contributed by atoms with E-state index in [2.05, 4.69) is 20.6 Å². The Balaban J connectivity index is 1.32. The van der Waals surface area contributed by atoms with Gasteiger partial charge in [0.25, 0.3) is 0 Å². The Labute approximate surface area is 159 Å². The standard InChI is InChI=1S/C19H28N4O2S/c1-20-19(21-10-6-11-24-16-7-3-2-4-8-16)22-13-15-14-25-18(23-15)17-9-5-12-26-17/h5,9,12,14,16H,2-4,6-8,10-11,13H2,1H3,(H2,20,21,22). The molecule has 1 aliphatic carbocycles. The van der Waals surface area contributed by atoms with Crippen LogP contribution in [0.1, 0.15) is 44.2 Å². The number of nitrogens with one attached hydrogen (secondary N) is 2. The van der Waals surface area contributed by atoms with Crippen molar-refractivity contribution in [2.45, 2.75) is 51.2 Å². The highest BCUT2D eigenvalue weighted by Gasteiger charge is 2.13. The molecule has 26 heavy (non-hydrogen) atoms. The van der Waals surface area contributed by atoms with Gasteiger partial charge in [0.05, 0.1) is 23.2 Å². The number of oxazole rings is 1. The maximum atomic E-state index is 5.94. The third kappa shape index (κ3) is 5.85. The number of rotatable bonds is 8. The summed E-state index contributed by atoms with van der Waals surface area (Å²) in [5, 5.41) is 8.59. The van der Waals surface area contributed by atoms with Crippen LogP contribution in [0, 0.1) is 0 Å². The number of thiophene rings is 1. The summed E-state index contributed by atoms with van der Waals surface area (Å²) in [5.74, 6) is 1.43. The van der Waals surface area contributed by atoms with Crippen LogP contribution in [0.25, 0.3) is 10.8 Å². The molecule has 142 valence electrons. The van der Waals surface area contributed by atoms with Crippen LogP contribution in [-0.2, 0) is 11.3 Å². The molecule has 0 spiro atoms. The van der Waals surface area contributed by atoms with Gasteiger partial charge in [0.15, 0.2) is 5.96 Å². The van der Waals surface area contributed by atoms with Gasteiger partial charge >= 0.3 is 0 Å². The van der Waals surface area contributed by atoms with Crippen LogP contribution in [-0.4, -0.2) is 37.2 Å². The maximum absolute atomic E-state index is 5.94. The summed E-state index contributed by atoms with van der Waals surface area (Å²) >= 11 is 1.62. The smallest absolute Gasteiger partial charge is 0.236 e. The summed E-state index contributed by atoms with van der Waals surface area (Å²) in [5.41, 5.74) is 0.858. The Bertz CT molecular complexity index is 663. The van der Waals surface area contributed by atoms with E-state index in [4.69, 9.17) is 9.15 Å². The highest BCUT2D eigenvalue weighted by Crippen LogP contribution is 2.23. The summed E-state index contributed by atoms with van der Waals surface area (Å²) in [4.78, 5) is 9.78. The topological polar surface area (TPSA) is 71.7 Å². The minimum Gasteiger partial charge on any atom is -0.443 e. The molecule has 0 bridgehead atoms. The summed E-state index contributed by atoms with van der Waals surface area (Å²) in [6.45, 7) is 2.22. The molecule has 0 saturated heterocycles. The van der Waals surface area contributed by atoms with E-state index < -0.39 is 0 Å². The van der Waals surface area contributed by atoms with Gasteiger partial charge in [-0.3, -0.25) is 4.99 Å². The van der Waals surface area contributed by atoms with Gasteiger partial charge in [-0.15, -0.1) is 11.3 Å². The third-order valence-electron chi connectivity index (χ3n) is 4.46. The SMILES string of the molecule is CN=C(NCCCOC1CCCCC1)NCc1coc(-c2cccs2)n1. The zero-order valence-corrected chi connectivity index (χ0v) is 16.2. The highest BCUT2D eigenvalue weighted by molar-refractivity contribution is 7.13. The van der Waals surface area contributed by atoms with Crippen molar-refractivity contribution in [2.24, 2.45) is 4.99 Å². The Morgan fingerprint density at radius 3 is 3.00 bits per heavy atom. The molecule has 2 heterocycles. The lowest BCUT2D eigenvalue weighted by molar-refractivity contribution is 0.0277. The van der Waals surface area contributed by atoms with Crippen LogP contribution < -0.4 is 10.6 Å². The van der Waals surface area contributed by atoms with Crippen molar-refractivity contribution >= 4 is 17.3 Å². The van der Waals surface area contributed by atoms with Crippen molar-refractivity contribution in [1.29, 1.82) is 0 Å².